The summed E-state index contributed by atoms with van der Waals surface area (Å²) in [5.41, 5.74) is 0.849. The fourth-order valence-corrected chi connectivity index (χ4v) is 1.38. The average molecular weight is 248 g/mol. The minimum Gasteiger partial charge on any atom is -0.479 e. The van der Waals surface area contributed by atoms with Gasteiger partial charge in [0.1, 0.15) is 11.8 Å². The number of benzene rings is 1. The lowest BCUT2D eigenvalue weighted by molar-refractivity contribution is -0.121. The minimum atomic E-state index is -0.240. The third-order valence-electron chi connectivity index (χ3n) is 2.27. The molecule has 0 aliphatic carbocycles. The van der Waals surface area contributed by atoms with Crippen molar-refractivity contribution in [2.24, 2.45) is 0 Å². The number of aliphatic hydroxyl groups excluding tert-OH is 1. The van der Waals surface area contributed by atoms with Crippen LogP contribution in [0.5, 0.6) is 5.75 Å². The van der Waals surface area contributed by atoms with Crippen molar-refractivity contribution in [3.05, 3.63) is 29.8 Å². The van der Waals surface area contributed by atoms with Gasteiger partial charge in [0.15, 0.2) is 6.61 Å². The van der Waals surface area contributed by atoms with Gasteiger partial charge in [-0.1, -0.05) is 12.1 Å². The molecular formula is C13H16N2O3. The molecule has 0 saturated heterocycles. The topological polar surface area (TPSA) is 82.3 Å². The lowest BCUT2D eigenvalue weighted by atomic mass is 10.1. The van der Waals surface area contributed by atoms with Crippen molar-refractivity contribution >= 4 is 5.91 Å². The molecule has 5 nitrogen and oxygen atoms in total. The number of hydrogen-bond acceptors (Lipinski definition) is 4. The Kier molecular flexibility index (Phi) is 5.68. The number of ether oxygens (including phenoxy) is 1. The molecule has 1 amide bonds. The first-order chi connectivity index (χ1) is 8.65. The van der Waals surface area contributed by atoms with Gasteiger partial charge in [-0.15, -0.1) is 0 Å². The molecule has 0 aromatic heterocycles. The summed E-state index contributed by atoms with van der Waals surface area (Å²) in [6.45, 7) is 1.66. The van der Waals surface area contributed by atoms with Crippen LogP contribution in [0.2, 0.25) is 0 Å². The molecule has 2 N–H and O–H groups in total. The summed E-state index contributed by atoms with van der Waals surface area (Å²) in [5, 5.41) is 19.8. The fourth-order valence-electron chi connectivity index (χ4n) is 1.38. The van der Waals surface area contributed by atoms with Crippen LogP contribution in [0.15, 0.2) is 24.3 Å². The Morgan fingerprint density at radius 1 is 1.50 bits per heavy atom. The van der Waals surface area contributed by atoms with Crippen molar-refractivity contribution in [1.29, 1.82) is 5.26 Å². The molecule has 0 spiro atoms. The summed E-state index contributed by atoms with van der Waals surface area (Å²) < 4.78 is 5.10. The Balaban J connectivity index is 2.48. The molecule has 5 heteroatoms. The number of nitriles is 1. The van der Waals surface area contributed by atoms with Crippen LogP contribution in [0.1, 0.15) is 12.5 Å². The van der Waals surface area contributed by atoms with Crippen LogP contribution in [0.3, 0.4) is 0 Å². The molecule has 1 aromatic rings. The second kappa shape index (κ2) is 7.30. The largest absolute Gasteiger partial charge is 0.479 e. The highest BCUT2D eigenvalue weighted by atomic mass is 16.5. The van der Waals surface area contributed by atoms with Gasteiger partial charge in [0.25, 0.3) is 0 Å². The zero-order chi connectivity index (χ0) is 13.4. The molecule has 0 fully saturated rings. The summed E-state index contributed by atoms with van der Waals surface area (Å²) in [5.74, 6) is 0.465. The Morgan fingerprint density at radius 2 is 2.17 bits per heavy atom. The van der Waals surface area contributed by atoms with Gasteiger partial charge in [0.2, 0.25) is 5.91 Å². The van der Waals surface area contributed by atoms with Crippen LogP contribution in [-0.4, -0.2) is 30.3 Å². The second-order valence-corrected chi connectivity index (χ2v) is 3.92. The van der Waals surface area contributed by atoms with E-state index in [1.54, 1.807) is 31.2 Å². The minimum absolute atomic E-state index is 0.00779. The third-order valence-corrected chi connectivity index (χ3v) is 2.27. The number of carbonyl (C=O) groups is 1. The highest BCUT2D eigenvalue weighted by Crippen LogP contribution is 2.12. The Labute approximate surface area is 106 Å². The van der Waals surface area contributed by atoms with Gasteiger partial charge in [-0.25, -0.2) is 0 Å². The molecule has 1 atom stereocenters. The maximum absolute atomic E-state index is 11.5. The molecular weight excluding hydrogens is 232 g/mol. The van der Waals surface area contributed by atoms with Crippen molar-refractivity contribution in [3.63, 3.8) is 0 Å². The second-order valence-electron chi connectivity index (χ2n) is 3.92. The number of nitrogens with one attached hydrogen (secondary N) is 1. The predicted octanol–water partition coefficient (Wildman–Crippen LogP) is 0.628. The molecule has 18 heavy (non-hydrogen) atoms. The fraction of sp³-hybridized carbons (Fsp3) is 0.385. The van der Waals surface area contributed by atoms with Crippen LogP contribution >= 0.6 is 0 Å². The predicted molar refractivity (Wildman–Crippen MR) is 65.9 cm³/mol. The van der Waals surface area contributed by atoms with E-state index in [0.29, 0.717) is 5.75 Å². The number of amides is 1. The third kappa shape index (κ3) is 4.85. The Hall–Kier alpha value is -2.06. The number of aliphatic hydroxyl groups is 1. The smallest absolute Gasteiger partial charge is 0.224 e. The van der Waals surface area contributed by atoms with Gasteiger partial charge in [-0.05, 0) is 24.6 Å². The van der Waals surface area contributed by atoms with Crippen molar-refractivity contribution < 1.29 is 14.6 Å². The molecule has 96 valence electrons. The first kappa shape index (κ1) is 14.0. The van der Waals surface area contributed by atoms with Gasteiger partial charge in [-0.3, -0.25) is 4.79 Å². The molecule has 1 aromatic carbocycles. The molecule has 0 bridgehead atoms. The van der Waals surface area contributed by atoms with Crippen molar-refractivity contribution in [1.82, 2.24) is 5.32 Å². The molecule has 0 aliphatic heterocycles. The maximum Gasteiger partial charge on any atom is 0.224 e. The summed E-state index contributed by atoms with van der Waals surface area (Å²) in [6.07, 6.45) is 0.253. The first-order valence-corrected chi connectivity index (χ1v) is 5.64. The van der Waals surface area contributed by atoms with Gasteiger partial charge in [0.05, 0.1) is 13.0 Å². The molecule has 1 rings (SSSR count). The van der Waals surface area contributed by atoms with Crippen molar-refractivity contribution in [3.8, 4) is 11.8 Å². The lowest BCUT2D eigenvalue weighted by Gasteiger charge is -2.10. The van der Waals surface area contributed by atoms with Crippen LogP contribution in [0.4, 0.5) is 0 Å². The van der Waals surface area contributed by atoms with Crippen LogP contribution in [0, 0.1) is 11.3 Å². The summed E-state index contributed by atoms with van der Waals surface area (Å²) in [7, 11) is 0. The standard InChI is InChI=1S/C13H16N2O3/c1-10(9-16)15-13(17)8-11-2-4-12(5-3-11)18-7-6-14/h2-5,10,16H,7-9H2,1H3,(H,15,17). The number of hydrogen-bond donors (Lipinski definition) is 2. The number of rotatable bonds is 6. The SMILES string of the molecule is CC(CO)NC(=O)Cc1ccc(OCC#N)cc1. The molecule has 0 heterocycles. The van der Waals surface area contributed by atoms with Crippen molar-refractivity contribution in [2.75, 3.05) is 13.2 Å². The lowest BCUT2D eigenvalue weighted by Crippen LogP contribution is -2.35. The normalized spacial score (nSPS) is 11.4. The number of nitrogens with zero attached hydrogens (tertiary/aromatic N) is 1. The van der Waals surface area contributed by atoms with Crippen LogP contribution in [0.25, 0.3) is 0 Å². The Morgan fingerprint density at radius 3 is 2.72 bits per heavy atom. The van der Waals surface area contributed by atoms with E-state index in [1.807, 2.05) is 6.07 Å². The first-order valence-electron chi connectivity index (χ1n) is 5.64. The maximum atomic E-state index is 11.5. The molecule has 1 unspecified atom stereocenters. The van der Waals surface area contributed by atoms with Crippen molar-refractivity contribution in [2.45, 2.75) is 19.4 Å². The highest BCUT2D eigenvalue weighted by Gasteiger charge is 2.07. The van der Waals surface area contributed by atoms with Gasteiger partial charge >= 0.3 is 0 Å². The number of carbonyl (C=O) groups excluding carboxylic acids is 1. The zero-order valence-electron chi connectivity index (χ0n) is 10.2. The van der Waals surface area contributed by atoms with Crippen LogP contribution < -0.4 is 10.1 Å². The highest BCUT2D eigenvalue weighted by molar-refractivity contribution is 5.78. The van der Waals surface area contributed by atoms with E-state index in [9.17, 15) is 4.79 Å². The van der Waals surface area contributed by atoms with E-state index >= 15 is 0 Å². The summed E-state index contributed by atoms with van der Waals surface area (Å²) >= 11 is 0. The van der Waals surface area contributed by atoms with Gasteiger partial charge < -0.3 is 15.2 Å². The molecule has 0 radical (unpaired) electrons. The van der Waals surface area contributed by atoms with E-state index in [4.69, 9.17) is 15.1 Å². The Bertz CT molecular complexity index is 423. The van der Waals surface area contributed by atoms with Gasteiger partial charge in [0, 0.05) is 6.04 Å². The van der Waals surface area contributed by atoms with E-state index in [1.165, 1.54) is 0 Å². The quantitative estimate of drug-likeness (QED) is 0.773. The molecule has 0 saturated carbocycles. The zero-order valence-corrected chi connectivity index (χ0v) is 10.2. The van der Waals surface area contributed by atoms with Gasteiger partial charge in [-0.2, -0.15) is 5.26 Å². The van der Waals surface area contributed by atoms with E-state index in [0.717, 1.165) is 5.56 Å². The van der Waals surface area contributed by atoms with E-state index in [-0.39, 0.29) is 31.6 Å². The van der Waals surface area contributed by atoms with E-state index < -0.39 is 0 Å². The average Bonchev–Trinajstić information content (AvgIpc) is 2.37. The summed E-state index contributed by atoms with van der Waals surface area (Å²) in [4.78, 5) is 11.5. The summed E-state index contributed by atoms with van der Waals surface area (Å²) in [6, 6.07) is 8.62. The van der Waals surface area contributed by atoms with Crippen LogP contribution in [-0.2, 0) is 11.2 Å². The monoisotopic (exact) mass is 248 g/mol. The van der Waals surface area contributed by atoms with E-state index in [2.05, 4.69) is 5.32 Å². The molecule has 0 aliphatic rings.